The summed E-state index contributed by atoms with van der Waals surface area (Å²) in [5.41, 5.74) is 2.08. The molecular weight excluding hydrogens is 284 g/mol. The van der Waals surface area contributed by atoms with Gasteiger partial charge in [-0.25, -0.2) is 14.5 Å². The summed E-state index contributed by atoms with van der Waals surface area (Å²) < 4.78 is 1.61. The number of carbonyl (C=O) groups is 2. The van der Waals surface area contributed by atoms with Gasteiger partial charge in [-0.3, -0.25) is 4.79 Å². The van der Waals surface area contributed by atoms with Gasteiger partial charge in [0.1, 0.15) is 18.7 Å². The summed E-state index contributed by atoms with van der Waals surface area (Å²) in [5.74, 6) is -1.42. The van der Waals surface area contributed by atoms with Crippen LogP contribution < -0.4 is 5.32 Å². The zero-order valence-electron chi connectivity index (χ0n) is 12.5. The number of hydrogen-bond acceptors (Lipinski definition) is 4. The fraction of sp³-hybridized carbons (Fsp3) is 0.333. The van der Waals surface area contributed by atoms with Gasteiger partial charge in [0, 0.05) is 5.56 Å². The first kappa shape index (κ1) is 15.7. The van der Waals surface area contributed by atoms with Gasteiger partial charge in [-0.2, -0.15) is 5.10 Å². The van der Waals surface area contributed by atoms with Crippen molar-refractivity contribution in [3.8, 4) is 5.69 Å². The Morgan fingerprint density at radius 2 is 2.18 bits per heavy atom. The van der Waals surface area contributed by atoms with Crippen molar-refractivity contribution in [3.63, 3.8) is 0 Å². The zero-order valence-corrected chi connectivity index (χ0v) is 12.5. The van der Waals surface area contributed by atoms with E-state index in [1.165, 1.54) is 6.33 Å². The molecule has 0 aliphatic rings. The molecule has 1 amide bonds. The van der Waals surface area contributed by atoms with Crippen LogP contribution in [0.1, 0.15) is 35.7 Å². The molecule has 2 rings (SSSR count). The molecule has 0 saturated heterocycles. The zero-order chi connectivity index (χ0) is 16.1. The third kappa shape index (κ3) is 3.49. The molecule has 7 nitrogen and oxygen atoms in total. The van der Waals surface area contributed by atoms with Crippen molar-refractivity contribution >= 4 is 11.9 Å². The molecule has 0 aliphatic carbocycles. The molecular formula is C15H18N4O3. The van der Waals surface area contributed by atoms with Crippen LogP contribution in [0, 0.1) is 6.92 Å². The van der Waals surface area contributed by atoms with E-state index < -0.39 is 17.9 Å². The summed E-state index contributed by atoms with van der Waals surface area (Å²) in [6.45, 7) is 3.73. The Morgan fingerprint density at radius 1 is 1.41 bits per heavy atom. The minimum Gasteiger partial charge on any atom is -0.480 e. The smallest absolute Gasteiger partial charge is 0.326 e. The number of nitrogens with one attached hydrogen (secondary N) is 1. The lowest BCUT2D eigenvalue weighted by atomic mass is 10.1. The predicted octanol–water partition coefficient (Wildman–Crippen LogP) is 1.56. The Bertz CT molecular complexity index is 667. The van der Waals surface area contributed by atoms with Crippen LogP contribution >= 0.6 is 0 Å². The first-order chi connectivity index (χ1) is 10.5. The van der Waals surface area contributed by atoms with E-state index in [9.17, 15) is 9.59 Å². The molecule has 0 aliphatic heterocycles. The molecule has 1 heterocycles. The normalized spacial score (nSPS) is 11.9. The Balaban J connectivity index is 2.17. The van der Waals surface area contributed by atoms with Crippen molar-refractivity contribution in [2.45, 2.75) is 32.7 Å². The summed E-state index contributed by atoms with van der Waals surface area (Å²) in [6.07, 6.45) is 4.09. The summed E-state index contributed by atoms with van der Waals surface area (Å²) in [4.78, 5) is 27.2. The Morgan fingerprint density at radius 3 is 2.73 bits per heavy atom. The second kappa shape index (κ2) is 6.84. The predicted molar refractivity (Wildman–Crippen MR) is 79.9 cm³/mol. The molecule has 1 aromatic carbocycles. The fourth-order valence-electron chi connectivity index (χ4n) is 2.17. The van der Waals surface area contributed by atoms with Crippen LogP contribution in [-0.2, 0) is 4.79 Å². The second-order valence-electron chi connectivity index (χ2n) is 4.99. The average molecular weight is 302 g/mol. The maximum absolute atomic E-state index is 12.2. The lowest BCUT2D eigenvalue weighted by Gasteiger charge is -2.14. The average Bonchev–Trinajstić information content (AvgIpc) is 3.00. The minimum absolute atomic E-state index is 0.394. The number of amides is 1. The maximum atomic E-state index is 12.2. The summed E-state index contributed by atoms with van der Waals surface area (Å²) in [5, 5.41) is 15.7. The summed E-state index contributed by atoms with van der Waals surface area (Å²) in [6, 6.07) is 4.24. The van der Waals surface area contributed by atoms with Crippen molar-refractivity contribution in [1.29, 1.82) is 0 Å². The van der Waals surface area contributed by atoms with E-state index in [0.717, 1.165) is 11.3 Å². The third-order valence-electron chi connectivity index (χ3n) is 3.31. The van der Waals surface area contributed by atoms with Gasteiger partial charge in [0.25, 0.3) is 5.91 Å². The number of aryl methyl sites for hydroxylation is 1. The molecule has 2 N–H and O–H groups in total. The van der Waals surface area contributed by atoms with Gasteiger partial charge < -0.3 is 10.4 Å². The lowest BCUT2D eigenvalue weighted by molar-refractivity contribution is -0.139. The van der Waals surface area contributed by atoms with E-state index in [-0.39, 0.29) is 0 Å². The van der Waals surface area contributed by atoms with Gasteiger partial charge in [-0.05, 0) is 37.1 Å². The molecule has 0 fully saturated rings. The first-order valence-corrected chi connectivity index (χ1v) is 7.02. The van der Waals surface area contributed by atoms with Crippen molar-refractivity contribution in [3.05, 3.63) is 42.0 Å². The van der Waals surface area contributed by atoms with E-state index in [0.29, 0.717) is 18.4 Å². The Hall–Kier alpha value is -2.70. The summed E-state index contributed by atoms with van der Waals surface area (Å²) in [7, 11) is 0. The van der Waals surface area contributed by atoms with Crippen LogP contribution in [0.15, 0.2) is 30.9 Å². The van der Waals surface area contributed by atoms with E-state index in [1.807, 2.05) is 13.8 Å². The minimum atomic E-state index is -1.02. The molecule has 1 atom stereocenters. The first-order valence-electron chi connectivity index (χ1n) is 7.02. The quantitative estimate of drug-likeness (QED) is 0.844. The highest BCUT2D eigenvalue weighted by atomic mass is 16.4. The Labute approximate surface area is 128 Å². The van der Waals surface area contributed by atoms with E-state index in [2.05, 4.69) is 15.4 Å². The van der Waals surface area contributed by atoms with E-state index in [1.54, 1.807) is 29.2 Å². The topological polar surface area (TPSA) is 97.1 Å². The number of hydrogen-bond donors (Lipinski definition) is 2. The number of carboxylic acids is 1. The largest absolute Gasteiger partial charge is 0.480 e. The molecule has 116 valence electrons. The SMILES string of the molecule is CCCC(NC(=O)c1ccc(-n2cncn2)c(C)c1)C(=O)O. The highest BCUT2D eigenvalue weighted by Crippen LogP contribution is 2.15. The number of aliphatic carboxylic acids is 1. The number of rotatable bonds is 6. The number of carbonyl (C=O) groups excluding carboxylic acids is 1. The van der Waals surface area contributed by atoms with E-state index >= 15 is 0 Å². The van der Waals surface area contributed by atoms with Gasteiger partial charge >= 0.3 is 5.97 Å². The van der Waals surface area contributed by atoms with Crippen molar-refractivity contribution in [2.75, 3.05) is 0 Å². The number of carboxylic acid groups (broad SMARTS) is 1. The molecule has 7 heteroatoms. The van der Waals surface area contributed by atoms with Gasteiger partial charge in [-0.1, -0.05) is 13.3 Å². The molecule has 2 aromatic rings. The van der Waals surface area contributed by atoms with Gasteiger partial charge in [0.05, 0.1) is 5.69 Å². The van der Waals surface area contributed by atoms with Crippen LogP contribution in [0.3, 0.4) is 0 Å². The number of benzene rings is 1. The fourth-order valence-corrected chi connectivity index (χ4v) is 2.17. The van der Waals surface area contributed by atoms with Crippen LogP contribution in [0.25, 0.3) is 5.69 Å². The monoisotopic (exact) mass is 302 g/mol. The third-order valence-corrected chi connectivity index (χ3v) is 3.31. The van der Waals surface area contributed by atoms with Gasteiger partial charge in [0.15, 0.2) is 0 Å². The van der Waals surface area contributed by atoms with Crippen LogP contribution in [0.4, 0.5) is 0 Å². The number of aromatic nitrogens is 3. The maximum Gasteiger partial charge on any atom is 0.326 e. The summed E-state index contributed by atoms with van der Waals surface area (Å²) >= 11 is 0. The molecule has 0 spiro atoms. The molecule has 1 unspecified atom stereocenters. The van der Waals surface area contributed by atoms with Crippen molar-refractivity contribution in [1.82, 2.24) is 20.1 Å². The van der Waals surface area contributed by atoms with Crippen LogP contribution in [-0.4, -0.2) is 37.8 Å². The Kier molecular flexibility index (Phi) is 4.88. The number of nitrogens with zero attached hydrogens (tertiary/aromatic N) is 3. The molecule has 0 bridgehead atoms. The van der Waals surface area contributed by atoms with E-state index in [4.69, 9.17) is 5.11 Å². The molecule has 22 heavy (non-hydrogen) atoms. The molecule has 0 saturated carbocycles. The van der Waals surface area contributed by atoms with Crippen LogP contribution in [0.5, 0.6) is 0 Å². The highest BCUT2D eigenvalue weighted by molar-refractivity contribution is 5.97. The van der Waals surface area contributed by atoms with Crippen molar-refractivity contribution < 1.29 is 14.7 Å². The standard InChI is InChI=1S/C15H18N4O3/c1-3-4-12(15(21)22)18-14(20)11-5-6-13(10(2)7-11)19-9-16-8-17-19/h5-9,12H,3-4H2,1-2H3,(H,18,20)(H,21,22). The second-order valence-corrected chi connectivity index (χ2v) is 4.99. The highest BCUT2D eigenvalue weighted by Gasteiger charge is 2.20. The molecule has 0 radical (unpaired) electrons. The van der Waals surface area contributed by atoms with Crippen LogP contribution in [0.2, 0.25) is 0 Å². The molecule has 1 aromatic heterocycles. The van der Waals surface area contributed by atoms with Gasteiger partial charge in [0.2, 0.25) is 0 Å². The van der Waals surface area contributed by atoms with Crippen molar-refractivity contribution in [2.24, 2.45) is 0 Å². The van der Waals surface area contributed by atoms with Gasteiger partial charge in [-0.15, -0.1) is 0 Å². The lowest BCUT2D eigenvalue weighted by Crippen LogP contribution is -2.40.